The monoisotopic (exact) mass is 237 g/mol. The van der Waals surface area contributed by atoms with Crippen LogP contribution >= 0.6 is 0 Å². The molecule has 4 atom stereocenters. The number of nitrogens with zero attached hydrogens (tertiary/aromatic N) is 1. The quantitative estimate of drug-likeness (QED) is 0.441. The summed E-state index contributed by atoms with van der Waals surface area (Å²) in [5, 5.41) is 2.92. The molecule has 0 aromatic rings. The first kappa shape index (κ1) is 13.0. The SMILES string of the molecule is CCC1CCC1C1CCC1CCCCCN=O. The molecular weight excluding hydrogens is 210 g/mol. The fourth-order valence-electron chi connectivity index (χ4n) is 3.94. The number of hydrogen-bond acceptors (Lipinski definition) is 2. The van der Waals surface area contributed by atoms with Crippen molar-refractivity contribution in [1.82, 2.24) is 0 Å². The van der Waals surface area contributed by atoms with Crippen LogP contribution in [0.2, 0.25) is 0 Å². The van der Waals surface area contributed by atoms with Crippen molar-refractivity contribution in [2.45, 2.75) is 64.7 Å². The van der Waals surface area contributed by atoms with E-state index in [1.165, 1.54) is 51.4 Å². The van der Waals surface area contributed by atoms with Gasteiger partial charge in [-0.3, -0.25) is 0 Å². The average molecular weight is 237 g/mol. The summed E-state index contributed by atoms with van der Waals surface area (Å²) in [6.07, 6.45) is 12.3. The zero-order valence-corrected chi connectivity index (χ0v) is 11.2. The molecule has 0 spiro atoms. The van der Waals surface area contributed by atoms with Gasteiger partial charge in [-0.05, 0) is 55.8 Å². The van der Waals surface area contributed by atoms with E-state index in [1.807, 2.05) is 0 Å². The van der Waals surface area contributed by atoms with Crippen LogP contribution in [0.3, 0.4) is 0 Å². The molecule has 4 unspecified atom stereocenters. The van der Waals surface area contributed by atoms with Gasteiger partial charge in [-0.1, -0.05) is 37.8 Å². The maximum atomic E-state index is 9.98. The summed E-state index contributed by atoms with van der Waals surface area (Å²) < 4.78 is 0. The van der Waals surface area contributed by atoms with Crippen LogP contribution in [0, 0.1) is 28.6 Å². The lowest BCUT2D eigenvalue weighted by molar-refractivity contribution is -0.000632. The van der Waals surface area contributed by atoms with Gasteiger partial charge in [0.05, 0.1) is 6.54 Å². The van der Waals surface area contributed by atoms with Gasteiger partial charge in [0.2, 0.25) is 0 Å². The van der Waals surface area contributed by atoms with Gasteiger partial charge >= 0.3 is 0 Å². The smallest absolute Gasteiger partial charge is 0.0811 e. The molecule has 2 aliphatic carbocycles. The van der Waals surface area contributed by atoms with Gasteiger partial charge in [0.15, 0.2) is 0 Å². The highest BCUT2D eigenvalue weighted by Gasteiger charge is 2.43. The first-order valence-electron chi connectivity index (χ1n) is 7.66. The molecule has 0 saturated heterocycles. The van der Waals surface area contributed by atoms with Crippen LogP contribution in [-0.2, 0) is 0 Å². The van der Waals surface area contributed by atoms with Gasteiger partial charge < -0.3 is 0 Å². The Bertz CT molecular complexity index is 239. The van der Waals surface area contributed by atoms with E-state index in [1.54, 1.807) is 0 Å². The lowest BCUT2D eigenvalue weighted by Crippen LogP contribution is -2.41. The van der Waals surface area contributed by atoms with E-state index >= 15 is 0 Å². The largest absolute Gasteiger partial charge is 0.151 e. The molecule has 2 fully saturated rings. The Morgan fingerprint density at radius 2 is 1.65 bits per heavy atom. The summed E-state index contributed by atoms with van der Waals surface area (Å²) >= 11 is 0. The third-order valence-electron chi connectivity index (χ3n) is 5.35. The van der Waals surface area contributed by atoms with E-state index in [9.17, 15) is 4.91 Å². The molecule has 2 heteroatoms. The second kappa shape index (κ2) is 6.51. The Labute approximate surface area is 106 Å². The molecular formula is C15H27NO. The van der Waals surface area contributed by atoms with Crippen molar-refractivity contribution >= 4 is 0 Å². The van der Waals surface area contributed by atoms with Gasteiger partial charge in [-0.2, -0.15) is 4.91 Å². The first-order valence-corrected chi connectivity index (χ1v) is 7.66. The normalized spacial score (nSPS) is 36.1. The molecule has 0 aliphatic heterocycles. The summed E-state index contributed by atoms with van der Waals surface area (Å²) in [6, 6.07) is 0. The summed E-state index contributed by atoms with van der Waals surface area (Å²) in [5.74, 6) is 4.23. The minimum atomic E-state index is 0.522. The van der Waals surface area contributed by atoms with Gasteiger partial charge in [0.1, 0.15) is 0 Å². The van der Waals surface area contributed by atoms with Crippen LogP contribution in [0.25, 0.3) is 0 Å². The molecule has 0 N–H and O–H groups in total. The van der Waals surface area contributed by atoms with Gasteiger partial charge in [-0.25, -0.2) is 0 Å². The minimum absolute atomic E-state index is 0.522. The lowest BCUT2D eigenvalue weighted by Gasteiger charge is -2.50. The van der Waals surface area contributed by atoms with Crippen LogP contribution in [0.4, 0.5) is 0 Å². The first-order chi connectivity index (χ1) is 8.36. The fourth-order valence-corrected chi connectivity index (χ4v) is 3.94. The highest BCUT2D eigenvalue weighted by molar-refractivity contribution is 4.93. The van der Waals surface area contributed by atoms with Gasteiger partial charge in [0.25, 0.3) is 0 Å². The van der Waals surface area contributed by atoms with Crippen molar-refractivity contribution in [3.63, 3.8) is 0 Å². The molecule has 98 valence electrons. The number of unbranched alkanes of at least 4 members (excludes halogenated alkanes) is 2. The third-order valence-corrected chi connectivity index (χ3v) is 5.35. The molecule has 2 nitrogen and oxygen atoms in total. The summed E-state index contributed by atoms with van der Waals surface area (Å²) in [7, 11) is 0. The molecule has 2 aliphatic rings. The second-order valence-corrected chi connectivity index (χ2v) is 6.11. The van der Waals surface area contributed by atoms with Crippen molar-refractivity contribution < 1.29 is 0 Å². The molecule has 0 aromatic carbocycles. The zero-order chi connectivity index (χ0) is 12.1. The van der Waals surface area contributed by atoms with E-state index < -0.39 is 0 Å². The molecule has 0 heterocycles. The fraction of sp³-hybridized carbons (Fsp3) is 1.00. The zero-order valence-electron chi connectivity index (χ0n) is 11.2. The Morgan fingerprint density at radius 1 is 0.941 bits per heavy atom. The van der Waals surface area contributed by atoms with Crippen molar-refractivity contribution in [3.8, 4) is 0 Å². The highest BCUT2D eigenvalue weighted by atomic mass is 16.3. The molecule has 2 saturated carbocycles. The molecule has 17 heavy (non-hydrogen) atoms. The van der Waals surface area contributed by atoms with Crippen LogP contribution in [0.15, 0.2) is 5.18 Å². The number of rotatable bonds is 8. The molecule has 0 radical (unpaired) electrons. The second-order valence-electron chi connectivity index (χ2n) is 6.11. The minimum Gasteiger partial charge on any atom is -0.151 e. The van der Waals surface area contributed by atoms with Crippen molar-refractivity contribution in [2.75, 3.05) is 6.54 Å². The van der Waals surface area contributed by atoms with Crippen LogP contribution < -0.4 is 0 Å². The summed E-state index contributed by atoms with van der Waals surface area (Å²) in [4.78, 5) is 9.98. The standard InChI is InChI=1S/C15H27NO/c1-2-12-7-9-14(12)15-10-8-13(15)6-4-3-5-11-16-17/h12-15H,2-11H2,1H3. The molecule has 2 rings (SSSR count). The Morgan fingerprint density at radius 3 is 2.18 bits per heavy atom. The number of nitroso groups, excluding NO2 is 1. The van der Waals surface area contributed by atoms with Gasteiger partial charge in [0, 0.05) is 0 Å². The van der Waals surface area contributed by atoms with E-state index in [0.29, 0.717) is 6.54 Å². The predicted octanol–water partition coefficient (Wildman–Crippen LogP) is 4.78. The van der Waals surface area contributed by atoms with E-state index in [4.69, 9.17) is 0 Å². The van der Waals surface area contributed by atoms with E-state index in [0.717, 1.165) is 30.1 Å². The summed E-state index contributed by atoms with van der Waals surface area (Å²) in [6.45, 7) is 2.88. The average Bonchev–Trinajstić information content (AvgIpc) is 2.28. The van der Waals surface area contributed by atoms with Crippen LogP contribution in [0.1, 0.15) is 64.7 Å². The molecule has 0 amide bonds. The van der Waals surface area contributed by atoms with E-state index in [-0.39, 0.29) is 0 Å². The van der Waals surface area contributed by atoms with Crippen LogP contribution in [0.5, 0.6) is 0 Å². The Hall–Kier alpha value is -0.400. The van der Waals surface area contributed by atoms with Crippen molar-refractivity contribution in [2.24, 2.45) is 28.8 Å². The Balaban J connectivity index is 1.60. The highest BCUT2D eigenvalue weighted by Crippen LogP contribution is 2.52. The maximum absolute atomic E-state index is 9.98. The third kappa shape index (κ3) is 3.08. The molecule has 0 bridgehead atoms. The van der Waals surface area contributed by atoms with Crippen molar-refractivity contribution in [3.05, 3.63) is 4.91 Å². The van der Waals surface area contributed by atoms with E-state index in [2.05, 4.69) is 12.1 Å². The maximum Gasteiger partial charge on any atom is 0.0811 e. The lowest BCUT2D eigenvalue weighted by atomic mass is 9.55. The topological polar surface area (TPSA) is 29.4 Å². The summed E-state index contributed by atoms with van der Waals surface area (Å²) in [5.41, 5.74) is 0. The van der Waals surface area contributed by atoms with Crippen LogP contribution in [-0.4, -0.2) is 6.54 Å². The predicted molar refractivity (Wildman–Crippen MR) is 71.8 cm³/mol. The van der Waals surface area contributed by atoms with Crippen molar-refractivity contribution in [1.29, 1.82) is 0 Å². The van der Waals surface area contributed by atoms with Gasteiger partial charge in [-0.15, -0.1) is 0 Å². The molecule has 0 aromatic heterocycles. The number of hydrogen-bond donors (Lipinski definition) is 0. The Kier molecular flexibility index (Phi) is 4.99.